The summed E-state index contributed by atoms with van der Waals surface area (Å²) in [4.78, 5) is 0. The van der Waals surface area contributed by atoms with Crippen LogP contribution in [0, 0.1) is 22.2 Å². The Morgan fingerprint density at radius 2 is 2.12 bits per heavy atom. The molecule has 1 rings (SSSR count). The van der Waals surface area contributed by atoms with Crippen molar-refractivity contribution in [3.63, 3.8) is 0 Å². The van der Waals surface area contributed by atoms with Crippen molar-refractivity contribution < 1.29 is 4.74 Å². The molecule has 1 aliphatic rings. The molecule has 98 valence electrons. The third-order valence-corrected chi connectivity index (χ3v) is 3.75. The quantitative estimate of drug-likeness (QED) is 0.628. The predicted molar refractivity (Wildman–Crippen MR) is 69.7 cm³/mol. The minimum Gasteiger partial charge on any atom is -0.385 e. The number of hydrogen-bond donors (Lipinski definition) is 1. The second-order valence-electron chi connectivity index (χ2n) is 6.02. The fraction of sp³-hybridized carbons (Fsp3) is 0.929. The first-order chi connectivity index (χ1) is 8.04. The van der Waals surface area contributed by atoms with E-state index >= 15 is 0 Å². The van der Waals surface area contributed by atoms with E-state index in [-0.39, 0.29) is 5.41 Å². The van der Waals surface area contributed by atoms with E-state index in [1.807, 2.05) is 13.8 Å². The summed E-state index contributed by atoms with van der Waals surface area (Å²) in [6, 6.07) is 2.34. The predicted octanol–water partition coefficient (Wildman–Crippen LogP) is 2.72. The lowest BCUT2D eigenvalue weighted by Crippen LogP contribution is -2.26. The fourth-order valence-corrected chi connectivity index (χ4v) is 2.08. The van der Waals surface area contributed by atoms with Crippen molar-refractivity contribution in [2.24, 2.45) is 10.8 Å². The summed E-state index contributed by atoms with van der Waals surface area (Å²) >= 11 is 0. The second kappa shape index (κ2) is 6.37. The van der Waals surface area contributed by atoms with Gasteiger partial charge in [0.1, 0.15) is 0 Å². The van der Waals surface area contributed by atoms with Gasteiger partial charge >= 0.3 is 0 Å². The molecule has 0 heterocycles. The normalized spacial score (nSPS) is 17.8. The molecule has 0 unspecified atom stereocenters. The molecule has 1 fully saturated rings. The molecule has 0 radical (unpaired) electrons. The van der Waals surface area contributed by atoms with Crippen LogP contribution in [0.2, 0.25) is 0 Å². The van der Waals surface area contributed by atoms with Crippen molar-refractivity contribution in [1.29, 1.82) is 5.26 Å². The number of nitriles is 1. The van der Waals surface area contributed by atoms with Crippen LogP contribution in [0.5, 0.6) is 0 Å². The van der Waals surface area contributed by atoms with E-state index in [1.165, 1.54) is 19.3 Å². The summed E-state index contributed by atoms with van der Waals surface area (Å²) in [6.07, 6.45) is 5.92. The van der Waals surface area contributed by atoms with Crippen molar-refractivity contribution in [3.8, 4) is 6.07 Å². The van der Waals surface area contributed by atoms with Gasteiger partial charge in [-0.2, -0.15) is 5.26 Å². The second-order valence-corrected chi connectivity index (χ2v) is 6.02. The summed E-state index contributed by atoms with van der Waals surface area (Å²) in [7, 11) is 1.77. The molecule has 0 aliphatic heterocycles. The molecule has 0 spiro atoms. The Labute approximate surface area is 106 Å². The van der Waals surface area contributed by atoms with Gasteiger partial charge in [0.15, 0.2) is 0 Å². The minimum atomic E-state index is -0.172. The number of hydrogen-bond acceptors (Lipinski definition) is 3. The van der Waals surface area contributed by atoms with E-state index in [0.717, 1.165) is 32.5 Å². The van der Waals surface area contributed by atoms with Gasteiger partial charge in [0, 0.05) is 20.3 Å². The average molecular weight is 238 g/mol. The zero-order valence-electron chi connectivity index (χ0n) is 11.5. The number of rotatable bonds is 9. The van der Waals surface area contributed by atoms with Gasteiger partial charge < -0.3 is 10.1 Å². The lowest BCUT2D eigenvalue weighted by Gasteiger charge is -2.17. The number of nitrogens with one attached hydrogen (secondary N) is 1. The molecule has 1 N–H and O–H groups in total. The Balaban J connectivity index is 2.03. The van der Waals surface area contributed by atoms with Crippen LogP contribution >= 0.6 is 0 Å². The van der Waals surface area contributed by atoms with E-state index < -0.39 is 0 Å². The van der Waals surface area contributed by atoms with Crippen LogP contribution < -0.4 is 5.32 Å². The minimum absolute atomic E-state index is 0.172. The Morgan fingerprint density at radius 1 is 1.41 bits per heavy atom. The number of ether oxygens (including phenoxy) is 1. The maximum absolute atomic E-state index is 8.90. The first kappa shape index (κ1) is 14.5. The first-order valence-corrected chi connectivity index (χ1v) is 6.65. The first-order valence-electron chi connectivity index (χ1n) is 6.65. The topological polar surface area (TPSA) is 45.0 Å². The van der Waals surface area contributed by atoms with E-state index in [1.54, 1.807) is 7.11 Å². The molecular weight excluding hydrogens is 212 g/mol. The van der Waals surface area contributed by atoms with Crippen LogP contribution in [0.25, 0.3) is 0 Å². The van der Waals surface area contributed by atoms with Gasteiger partial charge in [-0.3, -0.25) is 0 Å². The molecule has 3 heteroatoms. The largest absolute Gasteiger partial charge is 0.385 e. The highest BCUT2D eigenvalue weighted by Crippen LogP contribution is 2.48. The Bertz CT molecular complexity index is 264. The molecule has 0 atom stereocenters. The highest BCUT2D eigenvalue weighted by Gasteiger charge is 2.41. The molecule has 0 aromatic carbocycles. The van der Waals surface area contributed by atoms with Crippen molar-refractivity contribution in [3.05, 3.63) is 0 Å². The summed E-state index contributed by atoms with van der Waals surface area (Å²) in [5.74, 6) is 0. The summed E-state index contributed by atoms with van der Waals surface area (Å²) in [5, 5.41) is 12.4. The summed E-state index contributed by atoms with van der Waals surface area (Å²) in [6.45, 7) is 7.04. The van der Waals surface area contributed by atoms with Crippen molar-refractivity contribution in [2.75, 3.05) is 26.8 Å². The van der Waals surface area contributed by atoms with Crippen LogP contribution in [0.15, 0.2) is 0 Å². The Morgan fingerprint density at radius 3 is 2.65 bits per heavy atom. The van der Waals surface area contributed by atoms with E-state index in [0.29, 0.717) is 5.41 Å². The van der Waals surface area contributed by atoms with Gasteiger partial charge in [-0.1, -0.05) is 0 Å². The van der Waals surface area contributed by atoms with Crippen LogP contribution in [0.4, 0.5) is 0 Å². The van der Waals surface area contributed by atoms with Gasteiger partial charge in [-0.05, 0) is 57.9 Å². The summed E-state index contributed by atoms with van der Waals surface area (Å²) < 4.78 is 5.14. The maximum atomic E-state index is 8.90. The van der Waals surface area contributed by atoms with Crippen molar-refractivity contribution >= 4 is 0 Å². The molecule has 1 saturated carbocycles. The number of nitrogens with zero attached hydrogens (tertiary/aromatic N) is 1. The number of methoxy groups -OCH3 is 1. The van der Waals surface area contributed by atoms with Gasteiger partial charge in [0.25, 0.3) is 0 Å². The van der Waals surface area contributed by atoms with Crippen LogP contribution in [-0.2, 0) is 4.74 Å². The molecule has 17 heavy (non-hydrogen) atoms. The average Bonchev–Trinajstić information content (AvgIpc) is 3.07. The maximum Gasteiger partial charge on any atom is 0.0683 e. The van der Waals surface area contributed by atoms with Gasteiger partial charge in [0.05, 0.1) is 11.5 Å². The van der Waals surface area contributed by atoms with Crippen molar-refractivity contribution in [1.82, 2.24) is 5.32 Å². The molecule has 0 amide bonds. The SMILES string of the molecule is COCCC1(CNCCCC(C)(C)C#N)CC1. The third kappa shape index (κ3) is 5.52. The van der Waals surface area contributed by atoms with E-state index in [2.05, 4.69) is 11.4 Å². The van der Waals surface area contributed by atoms with Crippen LogP contribution in [0.1, 0.15) is 46.0 Å². The van der Waals surface area contributed by atoms with E-state index in [4.69, 9.17) is 10.00 Å². The molecule has 1 aliphatic carbocycles. The molecule has 0 saturated heterocycles. The summed E-state index contributed by atoms with van der Waals surface area (Å²) in [5.41, 5.74) is 0.357. The Hall–Kier alpha value is -0.590. The van der Waals surface area contributed by atoms with E-state index in [9.17, 15) is 0 Å². The standard InChI is InChI=1S/C14H26N2O/c1-13(2,11-15)5-4-9-16-12-14(6-7-14)8-10-17-3/h16H,4-10,12H2,1-3H3. The Kier molecular flexibility index (Phi) is 5.42. The van der Waals surface area contributed by atoms with Gasteiger partial charge in [-0.15, -0.1) is 0 Å². The zero-order chi connectivity index (χ0) is 12.8. The highest BCUT2D eigenvalue weighted by atomic mass is 16.5. The lowest BCUT2D eigenvalue weighted by atomic mass is 9.90. The molecule has 0 aromatic rings. The molecular formula is C14H26N2O. The fourth-order valence-electron chi connectivity index (χ4n) is 2.08. The zero-order valence-corrected chi connectivity index (χ0v) is 11.5. The lowest BCUT2D eigenvalue weighted by molar-refractivity contribution is 0.171. The van der Waals surface area contributed by atoms with Crippen LogP contribution in [-0.4, -0.2) is 26.8 Å². The monoisotopic (exact) mass is 238 g/mol. The molecule has 3 nitrogen and oxygen atoms in total. The van der Waals surface area contributed by atoms with Crippen molar-refractivity contribution in [2.45, 2.75) is 46.0 Å². The third-order valence-electron chi connectivity index (χ3n) is 3.75. The molecule has 0 bridgehead atoms. The van der Waals surface area contributed by atoms with Gasteiger partial charge in [-0.25, -0.2) is 0 Å². The molecule has 0 aromatic heterocycles. The van der Waals surface area contributed by atoms with Gasteiger partial charge in [0.2, 0.25) is 0 Å². The van der Waals surface area contributed by atoms with Crippen LogP contribution in [0.3, 0.4) is 0 Å². The smallest absolute Gasteiger partial charge is 0.0683 e. The highest BCUT2D eigenvalue weighted by molar-refractivity contribution is 4.95.